The van der Waals surface area contributed by atoms with Crippen LogP contribution in [0.4, 0.5) is 4.39 Å². The van der Waals surface area contributed by atoms with Crippen LogP contribution in [0.3, 0.4) is 0 Å². The molecule has 1 N–H and O–H groups in total. The summed E-state index contributed by atoms with van der Waals surface area (Å²) in [4.78, 5) is 16.7. The Morgan fingerprint density at radius 3 is 2.48 bits per heavy atom. The van der Waals surface area contributed by atoms with Gasteiger partial charge in [-0.2, -0.15) is 0 Å². The monoisotopic (exact) mass is 368 g/mol. The van der Waals surface area contributed by atoms with E-state index in [2.05, 4.69) is 4.90 Å². The van der Waals surface area contributed by atoms with Gasteiger partial charge in [0.2, 0.25) is 0 Å². The number of aliphatic hydroxyl groups excluding tert-OH is 1. The van der Waals surface area contributed by atoms with E-state index in [1.54, 1.807) is 12.1 Å². The zero-order chi connectivity index (χ0) is 18.8. The molecule has 2 aromatic carbocycles. The average molecular weight is 368 g/mol. The van der Waals surface area contributed by atoms with Gasteiger partial charge >= 0.3 is 0 Å². The number of hydrogen-bond acceptors (Lipinski definition) is 3. The highest BCUT2D eigenvalue weighted by molar-refractivity contribution is 5.98. The van der Waals surface area contributed by atoms with Gasteiger partial charge in [0.15, 0.2) is 0 Å². The molecule has 1 saturated heterocycles. The molecule has 0 spiro atoms. The molecule has 1 fully saturated rings. The maximum absolute atomic E-state index is 13.0. The lowest BCUT2D eigenvalue weighted by Gasteiger charge is -2.34. The van der Waals surface area contributed by atoms with Crippen molar-refractivity contribution >= 4 is 5.91 Å². The normalized spacial score (nSPS) is 19.3. The van der Waals surface area contributed by atoms with E-state index in [-0.39, 0.29) is 11.7 Å². The fraction of sp³-hybridized carbons (Fsp3) is 0.409. The lowest BCUT2D eigenvalue weighted by Crippen LogP contribution is -2.40. The molecule has 1 amide bonds. The fourth-order valence-corrected chi connectivity index (χ4v) is 4.16. The Kier molecular flexibility index (Phi) is 5.23. The first-order valence-corrected chi connectivity index (χ1v) is 9.63. The number of aliphatic hydroxyl groups is 1. The third kappa shape index (κ3) is 4.04. The molecule has 4 rings (SSSR count). The Morgan fingerprint density at radius 2 is 1.78 bits per heavy atom. The summed E-state index contributed by atoms with van der Waals surface area (Å²) in [5, 5.41) is 10.4. The van der Waals surface area contributed by atoms with Crippen LogP contribution in [0, 0.1) is 11.7 Å². The van der Waals surface area contributed by atoms with Crippen molar-refractivity contribution in [2.45, 2.75) is 25.5 Å². The zero-order valence-electron chi connectivity index (χ0n) is 15.4. The summed E-state index contributed by atoms with van der Waals surface area (Å²) in [6.45, 7) is 3.92. The van der Waals surface area contributed by atoms with E-state index in [1.165, 1.54) is 12.1 Å². The number of fused-ring (bicyclic) bond motifs is 1. The standard InChI is InChI=1S/C22H25FN2O2/c23-19-7-5-17(6-8-19)21(26)15-24-11-9-16(10-12-24)13-25-14-18-3-1-2-4-20(18)22(25)27/h1-8,16,21,26H,9-15H2/t21-/m0/s1. The van der Waals surface area contributed by atoms with E-state index in [9.17, 15) is 14.3 Å². The Morgan fingerprint density at radius 1 is 1.07 bits per heavy atom. The van der Waals surface area contributed by atoms with Crippen LogP contribution in [0.5, 0.6) is 0 Å². The quantitative estimate of drug-likeness (QED) is 0.881. The molecule has 4 nitrogen and oxygen atoms in total. The number of nitrogens with zero attached hydrogens (tertiary/aromatic N) is 2. The van der Waals surface area contributed by atoms with Gasteiger partial charge < -0.3 is 14.9 Å². The van der Waals surface area contributed by atoms with Crippen molar-refractivity contribution in [3.8, 4) is 0 Å². The van der Waals surface area contributed by atoms with Gasteiger partial charge in [0.05, 0.1) is 6.10 Å². The molecule has 5 heteroatoms. The molecule has 27 heavy (non-hydrogen) atoms. The number of rotatable bonds is 5. The Labute approximate surface area is 159 Å². The second-order valence-electron chi connectivity index (χ2n) is 7.65. The van der Waals surface area contributed by atoms with Crippen LogP contribution in [0.1, 0.15) is 40.4 Å². The molecule has 0 unspecified atom stereocenters. The molecule has 2 aromatic rings. The van der Waals surface area contributed by atoms with E-state index in [0.717, 1.165) is 55.7 Å². The van der Waals surface area contributed by atoms with Crippen molar-refractivity contribution in [1.82, 2.24) is 9.80 Å². The van der Waals surface area contributed by atoms with Crippen molar-refractivity contribution in [1.29, 1.82) is 0 Å². The number of hydrogen-bond donors (Lipinski definition) is 1. The van der Waals surface area contributed by atoms with Crippen molar-refractivity contribution in [3.63, 3.8) is 0 Å². The molecule has 0 bridgehead atoms. The first-order valence-electron chi connectivity index (χ1n) is 9.63. The van der Waals surface area contributed by atoms with Crippen LogP contribution in [-0.4, -0.2) is 47.0 Å². The molecule has 0 radical (unpaired) electrons. The first kappa shape index (κ1) is 18.1. The van der Waals surface area contributed by atoms with E-state index < -0.39 is 6.10 Å². The second-order valence-corrected chi connectivity index (χ2v) is 7.65. The van der Waals surface area contributed by atoms with E-state index >= 15 is 0 Å². The highest BCUT2D eigenvalue weighted by Gasteiger charge is 2.30. The molecule has 0 aliphatic carbocycles. The van der Waals surface area contributed by atoms with Crippen LogP contribution >= 0.6 is 0 Å². The SMILES string of the molecule is O=C1c2ccccc2CN1CC1CCN(C[C@H](O)c2ccc(F)cc2)CC1. The van der Waals surface area contributed by atoms with Gasteiger partial charge in [-0.15, -0.1) is 0 Å². The maximum Gasteiger partial charge on any atom is 0.254 e. The zero-order valence-corrected chi connectivity index (χ0v) is 15.4. The number of carbonyl (C=O) groups excluding carboxylic acids is 1. The summed E-state index contributed by atoms with van der Waals surface area (Å²) in [7, 11) is 0. The van der Waals surface area contributed by atoms with E-state index in [4.69, 9.17) is 0 Å². The average Bonchev–Trinajstić information content (AvgIpc) is 3.00. The van der Waals surface area contributed by atoms with Gasteiger partial charge in [-0.05, 0) is 61.2 Å². The van der Waals surface area contributed by atoms with Crippen molar-refractivity contribution in [3.05, 3.63) is 71.0 Å². The number of halogens is 1. The molecular formula is C22H25FN2O2. The number of likely N-dealkylation sites (tertiary alicyclic amines) is 1. The minimum Gasteiger partial charge on any atom is -0.387 e. The number of β-amino-alcohol motifs (C(OH)–C–C–N with tert-alkyl or cyclic N) is 1. The predicted molar refractivity (Wildman–Crippen MR) is 102 cm³/mol. The molecule has 1 atom stereocenters. The van der Waals surface area contributed by atoms with E-state index in [0.29, 0.717) is 12.5 Å². The van der Waals surface area contributed by atoms with Gasteiger partial charge in [-0.25, -0.2) is 4.39 Å². The van der Waals surface area contributed by atoms with Crippen LogP contribution in [-0.2, 0) is 6.54 Å². The molecule has 2 heterocycles. The summed E-state index contributed by atoms with van der Waals surface area (Å²) in [6.07, 6.45) is 1.45. The summed E-state index contributed by atoms with van der Waals surface area (Å²) >= 11 is 0. The van der Waals surface area contributed by atoms with Gasteiger partial charge in [-0.1, -0.05) is 30.3 Å². The predicted octanol–water partition coefficient (Wildman–Crippen LogP) is 3.23. The van der Waals surface area contributed by atoms with Crippen molar-refractivity contribution in [2.24, 2.45) is 5.92 Å². The van der Waals surface area contributed by atoms with Gasteiger partial charge in [-0.3, -0.25) is 4.79 Å². The largest absolute Gasteiger partial charge is 0.387 e. The number of benzene rings is 2. The minimum atomic E-state index is -0.600. The fourth-order valence-electron chi connectivity index (χ4n) is 4.16. The maximum atomic E-state index is 13.0. The number of piperidine rings is 1. The number of amides is 1. The van der Waals surface area contributed by atoms with Gasteiger partial charge in [0, 0.05) is 25.2 Å². The third-order valence-corrected chi connectivity index (χ3v) is 5.77. The molecule has 2 aliphatic heterocycles. The van der Waals surface area contributed by atoms with E-state index in [1.807, 2.05) is 29.2 Å². The molecule has 0 saturated carbocycles. The Balaban J connectivity index is 1.26. The molecule has 142 valence electrons. The van der Waals surface area contributed by atoms with Crippen LogP contribution < -0.4 is 0 Å². The topological polar surface area (TPSA) is 43.8 Å². The first-order chi connectivity index (χ1) is 13.1. The highest BCUT2D eigenvalue weighted by atomic mass is 19.1. The summed E-state index contributed by atoms with van der Waals surface area (Å²) < 4.78 is 13.0. The highest BCUT2D eigenvalue weighted by Crippen LogP contribution is 2.27. The molecule has 0 aromatic heterocycles. The summed E-state index contributed by atoms with van der Waals surface area (Å²) in [6, 6.07) is 13.9. The number of carbonyl (C=O) groups is 1. The molecular weight excluding hydrogens is 343 g/mol. The summed E-state index contributed by atoms with van der Waals surface area (Å²) in [5.41, 5.74) is 2.72. The molecule has 2 aliphatic rings. The van der Waals surface area contributed by atoms with Crippen molar-refractivity contribution in [2.75, 3.05) is 26.2 Å². The minimum absolute atomic E-state index is 0.153. The Bertz CT molecular complexity index is 800. The Hall–Kier alpha value is -2.24. The smallest absolute Gasteiger partial charge is 0.254 e. The lowest BCUT2D eigenvalue weighted by molar-refractivity contribution is 0.0654. The van der Waals surface area contributed by atoms with Gasteiger partial charge in [0.25, 0.3) is 5.91 Å². The summed E-state index contributed by atoms with van der Waals surface area (Å²) in [5.74, 6) is 0.368. The second kappa shape index (κ2) is 7.79. The van der Waals surface area contributed by atoms with Crippen molar-refractivity contribution < 1.29 is 14.3 Å². The lowest BCUT2D eigenvalue weighted by atomic mass is 9.95. The third-order valence-electron chi connectivity index (χ3n) is 5.77. The van der Waals surface area contributed by atoms with Crippen LogP contribution in [0.15, 0.2) is 48.5 Å². The van der Waals surface area contributed by atoms with Crippen LogP contribution in [0.25, 0.3) is 0 Å². The van der Waals surface area contributed by atoms with Crippen LogP contribution in [0.2, 0.25) is 0 Å². The van der Waals surface area contributed by atoms with Gasteiger partial charge in [0.1, 0.15) is 5.82 Å².